The van der Waals surface area contributed by atoms with Crippen LogP contribution in [0.1, 0.15) is 35.5 Å². The third kappa shape index (κ3) is 3.47. The zero-order valence-corrected chi connectivity index (χ0v) is 16.8. The number of aromatic nitrogens is 3. The van der Waals surface area contributed by atoms with E-state index in [-0.39, 0.29) is 24.0 Å². The van der Waals surface area contributed by atoms with Gasteiger partial charge < -0.3 is 10.0 Å². The Labute approximate surface area is 166 Å². The molecule has 2 unspecified atom stereocenters. The molecule has 2 atom stereocenters. The van der Waals surface area contributed by atoms with E-state index < -0.39 is 0 Å². The number of nitrogens with zero attached hydrogens (tertiary/aromatic N) is 4. The third-order valence-electron chi connectivity index (χ3n) is 5.07. The van der Waals surface area contributed by atoms with E-state index in [0.717, 1.165) is 35.0 Å². The number of pyridine rings is 1. The number of halogens is 1. The minimum atomic E-state index is -0.0574. The maximum Gasteiger partial charge on any atom is 0.259 e. The first-order valence-electron chi connectivity index (χ1n) is 9.01. The number of aryl methyl sites for hydroxylation is 1. The molecule has 3 heterocycles. The van der Waals surface area contributed by atoms with E-state index in [2.05, 4.69) is 9.88 Å². The summed E-state index contributed by atoms with van der Waals surface area (Å²) < 4.78 is 1.72. The summed E-state index contributed by atoms with van der Waals surface area (Å²) in [6.07, 6.45) is 2.55. The van der Waals surface area contributed by atoms with Gasteiger partial charge in [0.1, 0.15) is 5.82 Å². The fourth-order valence-corrected chi connectivity index (χ4v) is 4.72. The van der Waals surface area contributed by atoms with Gasteiger partial charge in [-0.05, 0) is 38.3 Å². The number of aliphatic hydroxyl groups excluding tert-OH is 1. The van der Waals surface area contributed by atoms with Gasteiger partial charge in [-0.2, -0.15) is 0 Å². The summed E-state index contributed by atoms with van der Waals surface area (Å²) in [4.78, 5) is 25.8. The predicted molar refractivity (Wildman–Crippen MR) is 108 cm³/mol. The Morgan fingerprint density at radius 3 is 2.89 bits per heavy atom. The molecule has 4 rings (SSSR count). The molecule has 1 aliphatic rings. The molecule has 8 heteroatoms. The van der Waals surface area contributed by atoms with E-state index in [4.69, 9.17) is 16.6 Å². The van der Waals surface area contributed by atoms with Crippen LogP contribution in [0.15, 0.2) is 29.2 Å². The molecule has 0 aliphatic heterocycles. The van der Waals surface area contributed by atoms with E-state index in [0.29, 0.717) is 16.5 Å². The maximum atomic E-state index is 12.8. The fourth-order valence-electron chi connectivity index (χ4n) is 3.54. The van der Waals surface area contributed by atoms with Gasteiger partial charge in [-0.3, -0.25) is 9.20 Å². The van der Waals surface area contributed by atoms with Gasteiger partial charge in [0.15, 0.2) is 4.96 Å². The number of rotatable bonds is 6. The highest BCUT2D eigenvalue weighted by Gasteiger charge is 2.41. The van der Waals surface area contributed by atoms with E-state index >= 15 is 0 Å². The van der Waals surface area contributed by atoms with E-state index in [9.17, 15) is 9.90 Å². The van der Waals surface area contributed by atoms with Crippen molar-refractivity contribution in [3.63, 3.8) is 0 Å². The van der Waals surface area contributed by atoms with Crippen LogP contribution in [-0.2, 0) is 6.54 Å². The molecule has 3 aromatic rings. The Balaban J connectivity index is 1.67. The molecule has 0 aromatic carbocycles. The molecular weight excluding hydrogens is 384 g/mol. The molecule has 6 nitrogen and oxygen atoms in total. The summed E-state index contributed by atoms with van der Waals surface area (Å²) in [7, 11) is 0. The van der Waals surface area contributed by atoms with Gasteiger partial charge in [-0.1, -0.05) is 11.6 Å². The number of hydrogen-bond acceptors (Lipinski definition) is 6. The lowest BCUT2D eigenvalue weighted by Gasteiger charge is -2.21. The molecule has 1 fully saturated rings. The fraction of sp³-hybridized carbons (Fsp3) is 0.421. The third-order valence-corrected chi connectivity index (χ3v) is 6.26. The van der Waals surface area contributed by atoms with Crippen LogP contribution in [0.25, 0.3) is 4.96 Å². The number of thiazole rings is 1. The zero-order valence-electron chi connectivity index (χ0n) is 15.2. The van der Waals surface area contributed by atoms with Crippen LogP contribution in [0.3, 0.4) is 0 Å². The normalized spacial score (nSPS) is 18.8. The minimum Gasteiger partial charge on any atom is -0.396 e. The largest absolute Gasteiger partial charge is 0.396 e. The van der Waals surface area contributed by atoms with Crippen LogP contribution in [0.2, 0.25) is 5.02 Å². The molecule has 27 heavy (non-hydrogen) atoms. The van der Waals surface area contributed by atoms with Crippen LogP contribution < -0.4 is 10.5 Å². The average Bonchev–Trinajstić information content (AvgIpc) is 3.35. The van der Waals surface area contributed by atoms with Crippen molar-refractivity contribution < 1.29 is 5.11 Å². The van der Waals surface area contributed by atoms with Crippen molar-refractivity contribution in [1.29, 1.82) is 0 Å². The number of hydrogen-bond donors (Lipinski definition) is 1. The lowest BCUT2D eigenvalue weighted by Crippen LogP contribution is -2.25. The van der Waals surface area contributed by atoms with Gasteiger partial charge in [0, 0.05) is 41.9 Å². The van der Waals surface area contributed by atoms with Crippen molar-refractivity contribution in [1.82, 2.24) is 14.4 Å². The molecule has 142 valence electrons. The first-order valence-corrected chi connectivity index (χ1v) is 10.2. The van der Waals surface area contributed by atoms with Gasteiger partial charge in [0.25, 0.3) is 5.56 Å². The van der Waals surface area contributed by atoms with Crippen molar-refractivity contribution in [3.8, 4) is 0 Å². The highest BCUT2D eigenvalue weighted by atomic mass is 35.5. The van der Waals surface area contributed by atoms with Crippen molar-refractivity contribution >= 4 is 33.7 Å². The SMILES string of the molecule is CCN(Cc1cc(=O)n2c(C3CC3CO)c(C)sc2n1)c1ccc(Cl)cn1. The molecule has 0 spiro atoms. The summed E-state index contributed by atoms with van der Waals surface area (Å²) in [5.41, 5.74) is 1.68. The van der Waals surface area contributed by atoms with E-state index in [1.54, 1.807) is 22.7 Å². The van der Waals surface area contributed by atoms with E-state index in [1.165, 1.54) is 11.3 Å². The van der Waals surface area contributed by atoms with Gasteiger partial charge in [0.2, 0.25) is 0 Å². The second-order valence-electron chi connectivity index (χ2n) is 6.88. The Morgan fingerprint density at radius 2 is 2.26 bits per heavy atom. The topological polar surface area (TPSA) is 70.7 Å². The summed E-state index contributed by atoms with van der Waals surface area (Å²) in [6, 6.07) is 5.28. The molecule has 0 saturated heterocycles. The van der Waals surface area contributed by atoms with Crippen LogP contribution >= 0.6 is 22.9 Å². The number of anilines is 1. The van der Waals surface area contributed by atoms with Crippen LogP contribution in [0.4, 0.5) is 5.82 Å². The molecule has 0 radical (unpaired) electrons. The quantitative estimate of drug-likeness (QED) is 0.683. The predicted octanol–water partition coefficient (Wildman–Crippen LogP) is 3.24. The van der Waals surface area contributed by atoms with Crippen molar-refractivity contribution in [3.05, 3.63) is 56.0 Å². The summed E-state index contributed by atoms with van der Waals surface area (Å²) in [6.45, 7) is 5.48. The number of aliphatic hydroxyl groups is 1. The molecule has 1 saturated carbocycles. The van der Waals surface area contributed by atoms with Gasteiger partial charge >= 0.3 is 0 Å². The van der Waals surface area contributed by atoms with Crippen LogP contribution in [0.5, 0.6) is 0 Å². The first-order chi connectivity index (χ1) is 13.0. The summed E-state index contributed by atoms with van der Waals surface area (Å²) in [5, 5.41) is 9.98. The molecule has 3 aromatic heterocycles. The van der Waals surface area contributed by atoms with Crippen molar-refractivity contribution in [2.75, 3.05) is 18.1 Å². The summed E-state index contributed by atoms with van der Waals surface area (Å²) in [5.74, 6) is 1.33. The van der Waals surface area contributed by atoms with E-state index in [1.807, 2.05) is 19.9 Å². The number of fused-ring (bicyclic) bond motifs is 1. The second kappa shape index (κ2) is 7.22. The maximum absolute atomic E-state index is 12.8. The monoisotopic (exact) mass is 404 g/mol. The standard InChI is InChI=1S/C19H21ClN4O2S/c1-3-23(16-5-4-13(20)8-21-16)9-14-7-17(26)24-18(15-6-12(15)10-25)11(2)27-19(24)22-14/h4-5,7-8,12,15,25H,3,6,9-10H2,1-2H3. The Morgan fingerprint density at radius 1 is 1.44 bits per heavy atom. The molecule has 1 aliphatic carbocycles. The zero-order chi connectivity index (χ0) is 19.1. The minimum absolute atomic E-state index is 0.0574. The van der Waals surface area contributed by atoms with Gasteiger partial charge in [0.05, 0.1) is 17.3 Å². The Kier molecular flexibility index (Phi) is 4.92. The second-order valence-corrected chi connectivity index (χ2v) is 8.50. The Hall–Kier alpha value is -1.96. The van der Waals surface area contributed by atoms with Gasteiger partial charge in [-0.15, -0.1) is 11.3 Å². The highest BCUT2D eigenvalue weighted by molar-refractivity contribution is 7.17. The van der Waals surface area contributed by atoms with Crippen molar-refractivity contribution in [2.24, 2.45) is 5.92 Å². The molecule has 1 N–H and O–H groups in total. The lowest BCUT2D eigenvalue weighted by atomic mass is 10.2. The lowest BCUT2D eigenvalue weighted by molar-refractivity contribution is 0.273. The smallest absolute Gasteiger partial charge is 0.259 e. The molecule has 0 bridgehead atoms. The first kappa shape index (κ1) is 18.4. The summed E-state index contributed by atoms with van der Waals surface area (Å²) >= 11 is 7.46. The molecule has 0 amide bonds. The molecular formula is C19H21ClN4O2S. The van der Waals surface area contributed by atoms with Gasteiger partial charge in [-0.25, -0.2) is 9.97 Å². The highest BCUT2D eigenvalue weighted by Crippen LogP contribution is 2.49. The average molecular weight is 405 g/mol. The van der Waals surface area contributed by atoms with Crippen molar-refractivity contribution in [2.45, 2.75) is 32.7 Å². The van der Waals surface area contributed by atoms with Crippen LogP contribution in [-0.4, -0.2) is 32.6 Å². The van der Waals surface area contributed by atoms with Crippen LogP contribution in [0, 0.1) is 12.8 Å². The Bertz CT molecular complexity index is 1030.